The van der Waals surface area contributed by atoms with Gasteiger partial charge in [-0.2, -0.15) is 0 Å². The molecule has 1 saturated heterocycles. The lowest BCUT2D eigenvalue weighted by Gasteiger charge is -2.33. The summed E-state index contributed by atoms with van der Waals surface area (Å²) in [4.78, 5) is 33.2. The number of amides is 2. The van der Waals surface area contributed by atoms with Crippen molar-refractivity contribution < 1.29 is 14.3 Å². The molecule has 1 aliphatic heterocycles. The maximum absolute atomic E-state index is 12.6. The SMILES string of the molecule is CC(=O)N1CCN(Cc2nc3cc(NC(=O)COc4c(C)cccc4C(C)C)ccc3n2C)CC1. The van der Waals surface area contributed by atoms with Gasteiger partial charge < -0.3 is 19.5 Å². The van der Waals surface area contributed by atoms with Crippen molar-refractivity contribution in [2.75, 3.05) is 38.1 Å². The third kappa shape index (κ3) is 5.65. The first-order valence-corrected chi connectivity index (χ1v) is 12.2. The Bertz CT molecular complexity index is 1230. The van der Waals surface area contributed by atoms with Gasteiger partial charge in [-0.3, -0.25) is 14.5 Å². The zero-order valence-electron chi connectivity index (χ0n) is 21.3. The summed E-state index contributed by atoms with van der Waals surface area (Å²) in [5.74, 6) is 1.98. The third-order valence-corrected chi connectivity index (χ3v) is 6.65. The normalized spacial score (nSPS) is 14.5. The van der Waals surface area contributed by atoms with Gasteiger partial charge in [0.15, 0.2) is 6.61 Å². The first-order chi connectivity index (χ1) is 16.7. The predicted octanol–water partition coefficient (Wildman–Crippen LogP) is 3.69. The van der Waals surface area contributed by atoms with Crippen molar-refractivity contribution in [2.45, 2.75) is 40.2 Å². The minimum Gasteiger partial charge on any atom is -0.483 e. The van der Waals surface area contributed by atoms with Crippen LogP contribution in [0.2, 0.25) is 0 Å². The molecular formula is C27H35N5O3. The van der Waals surface area contributed by atoms with E-state index in [1.807, 2.05) is 55.3 Å². The Kier molecular flexibility index (Phi) is 7.40. The molecule has 8 heteroatoms. The number of nitrogens with zero attached hydrogens (tertiary/aromatic N) is 4. The summed E-state index contributed by atoms with van der Waals surface area (Å²) in [6, 6.07) is 11.8. The van der Waals surface area contributed by atoms with E-state index >= 15 is 0 Å². The molecule has 4 rings (SSSR count). The second-order valence-corrected chi connectivity index (χ2v) is 9.56. The quantitative estimate of drug-likeness (QED) is 0.562. The highest BCUT2D eigenvalue weighted by Crippen LogP contribution is 2.29. The molecule has 0 saturated carbocycles. The van der Waals surface area contributed by atoms with Crippen molar-refractivity contribution in [1.82, 2.24) is 19.4 Å². The van der Waals surface area contributed by atoms with Crippen molar-refractivity contribution in [3.05, 3.63) is 53.3 Å². The summed E-state index contributed by atoms with van der Waals surface area (Å²) in [5.41, 5.74) is 4.67. The van der Waals surface area contributed by atoms with Crippen LogP contribution in [-0.2, 0) is 23.2 Å². The lowest BCUT2D eigenvalue weighted by Crippen LogP contribution is -2.47. The van der Waals surface area contributed by atoms with Gasteiger partial charge in [-0.1, -0.05) is 32.0 Å². The first kappa shape index (κ1) is 24.7. The topological polar surface area (TPSA) is 79.7 Å². The summed E-state index contributed by atoms with van der Waals surface area (Å²) >= 11 is 0. The van der Waals surface area contributed by atoms with Crippen LogP contribution in [0.3, 0.4) is 0 Å². The van der Waals surface area contributed by atoms with E-state index < -0.39 is 0 Å². The number of aryl methyl sites for hydroxylation is 2. The van der Waals surface area contributed by atoms with Crippen molar-refractivity contribution in [3.8, 4) is 5.75 Å². The molecule has 186 valence electrons. The van der Waals surface area contributed by atoms with Crippen LogP contribution in [0.25, 0.3) is 11.0 Å². The molecule has 2 amide bonds. The van der Waals surface area contributed by atoms with Crippen molar-refractivity contribution in [3.63, 3.8) is 0 Å². The molecule has 0 unspecified atom stereocenters. The van der Waals surface area contributed by atoms with Gasteiger partial charge in [0, 0.05) is 45.8 Å². The monoisotopic (exact) mass is 477 g/mol. The van der Waals surface area contributed by atoms with E-state index in [2.05, 4.69) is 28.6 Å². The number of benzene rings is 2. The van der Waals surface area contributed by atoms with Gasteiger partial charge in [0.1, 0.15) is 11.6 Å². The first-order valence-electron chi connectivity index (χ1n) is 12.2. The zero-order valence-corrected chi connectivity index (χ0v) is 21.3. The van der Waals surface area contributed by atoms with E-state index in [0.29, 0.717) is 11.6 Å². The smallest absolute Gasteiger partial charge is 0.262 e. The van der Waals surface area contributed by atoms with Crippen molar-refractivity contribution in [1.29, 1.82) is 0 Å². The Hall–Kier alpha value is -3.39. The van der Waals surface area contributed by atoms with Crippen LogP contribution in [0.4, 0.5) is 5.69 Å². The molecule has 0 aliphatic carbocycles. The lowest BCUT2D eigenvalue weighted by molar-refractivity contribution is -0.130. The Morgan fingerprint density at radius 3 is 2.54 bits per heavy atom. The van der Waals surface area contributed by atoms with Crippen LogP contribution in [0, 0.1) is 6.92 Å². The minimum absolute atomic E-state index is 0.0533. The maximum Gasteiger partial charge on any atom is 0.262 e. The molecule has 3 aromatic rings. The number of piperazine rings is 1. The Labute approximate surface area is 206 Å². The van der Waals surface area contributed by atoms with E-state index in [0.717, 1.165) is 66.5 Å². The van der Waals surface area contributed by atoms with Gasteiger partial charge in [0.2, 0.25) is 5.91 Å². The molecular weight excluding hydrogens is 442 g/mol. The molecule has 2 heterocycles. The number of imidazole rings is 1. The average molecular weight is 478 g/mol. The van der Waals surface area contributed by atoms with Gasteiger partial charge in [-0.05, 0) is 42.2 Å². The van der Waals surface area contributed by atoms with Crippen LogP contribution < -0.4 is 10.1 Å². The number of aromatic nitrogens is 2. The standard InChI is InChI=1S/C27H35N5O3/c1-18(2)22-8-6-7-19(3)27(22)35-17-26(34)28-21-9-10-24-23(15-21)29-25(30(24)5)16-31-11-13-32(14-12-31)20(4)33/h6-10,15,18H,11-14,16-17H2,1-5H3,(H,28,34). The highest BCUT2D eigenvalue weighted by atomic mass is 16.5. The van der Waals surface area contributed by atoms with Crippen LogP contribution in [0.1, 0.15) is 43.6 Å². The largest absolute Gasteiger partial charge is 0.483 e. The van der Waals surface area contributed by atoms with E-state index in [-0.39, 0.29) is 18.4 Å². The third-order valence-electron chi connectivity index (χ3n) is 6.65. The second kappa shape index (κ2) is 10.5. The lowest BCUT2D eigenvalue weighted by atomic mass is 10.00. The molecule has 1 aliphatic rings. The highest BCUT2D eigenvalue weighted by Gasteiger charge is 2.20. The molecule has 2 aromatic carbocycles. The zero-order chi connectivity index (χ0) is 25.1. The van der Waals surface area contributed by atoms with Crippen LogP contribution in [0.15, 0.2) is 36.4 Å². The summed E-state index contributed by atoms with van der Waals surface area (Å²) in [5, 5.41) is 2.94. The number of carbonyl (C=O) groups is 2. The van der Waals surface area contributed by atoms with E-state index in [1.165, 1.54) is 0 Å². The van der Waals surface area contributed by atoms with Gasteiger partial charge >= 0.3 is 0 Å². The fourth-order valence-corrected chi connectivity index (χ4v) is 4.55. The number of carbonyl (C=O) groups excluding carboxylic acids is 2. The van der Waals surface area contributed by atoms with E-state index in [9.17, 15) is 9.59 Å². The second-order valence-electron chi connectivity index (χ2n) is 9.56. The van der Waals surface area contributed by atoms with Crippen LogP contribution in [0.5, 0.6) is 5.75 Å². The average Bonchev–Trinajstić information content (AvgIpc) is 3.12. The molecule has 8 nitrogen and oxygen atoms in total. The molecule has 1 aromatic heterocycles. The number of para-hydroxylation sites is 1. The number of hydrogen-bond acceptors (Lipinski definition) is 5. The number of ether oxygens (including phenoxy) is 1. The van der Waals surface area contributed by atoms with Crippen LogP contribution in [-0.4, -0.2) is 64.0 Å². The number of nitrogens with one attached hydrogen (secondary N) is 1. The van der Waals surface area contributed by atoms with Gasteiger partial charge in [0.05, 0.1) is 17.6 Å². The molecule has 0 spiro atoms. The fraction of sp³-hybridized carbons (Fsp3) is 0.444. The van der Waals surface area contributed by atoms with Gasteiger partial charge in [-0.25, -0.2) is 4.98 Å². The number of hydrogen-bond donors (Lipinski definition) is 1. The summed E-state index contributed by atoms with van der Waals surface area (Å²) in [6.07, 6.45) is 0. The van der Waals surface area contributed by atoms with Crippen molar-refractivity contribution >= 4 is 28.5 Å². The Morgan fingerprint density at radius 1 is 1.11 bits per heavy atom. The summed E-state index contributed by atoms with van der Waals surface area (Å²) in [7, 11) is 2.01. The summed E-state index contributed by atoms with van der Waals surface area (Å²) < 4.78 is 8.01. The molecule has 1 N–H and O–H groups in total. The summed E-state index contributed by atoms with van der Waals surface area (Å²) in [6.45, 7) is 11.7. The van der Waals surface area contributed by atoms with E-state index in [1.54, 1.807) is 6.92 Å². The maximum atomic E-state index is 12.6. The fourth-order valence-electron chi connectivity index (χ4n) is 4.55. The number of anilines is 1. The minimum atomic E-state index is -0.207. The van der Waals surface area contributed by atoms with Crippen LogP contribution >= 0.6 is 0 Å². The highest BCUT2D eigenvalue weighted by molar-refractivity contribution is 5.94. The Balaban J connectivity index is 1.39. The number of rotatable bonds is 7. The molecule has 35 heavy (non-hydrogen) atoms. The van der Waals surface area contributed by atoms with Gasteiger partial charge in [-0.15, -0.1) is 0 Å². The molecule has 1 fully saturated rings. The van der Waals surface area contributed by atoms with Crippen molar-refractivity contribution in [2.24, 2.45) is 7.05 Å². The van der Waals surface area contributed by atoms with Gasteiger partial charge in [0.25, 0.3) is 5.91 Å². The molecule has 0 bridgehead atoms. The predicted molar refractivity (Wildman–Crippen MR) is 138 cm³/mol. The number of fused-ring (bicyclic) bond motifs is 1. The molecule has 0 radical (unpaired) electrons. The molecule has 0 atom stereocenters. The van der Waals surface area contributed by atoms with E-state index in [4.69, 9.17) is 9.72 Å². The Morgan fingerprint density at radius 2 is 1.86 bits per heavy atom.